The molecule has 2 rings (SSSR count). The van der Waals surface area contributed by atoms with Crippen molar-refractivity contribution >= 4 is 26.8 Å². The number of H-pyrrole nitrogens is 1. The van der Waals surface area contributed by atoms with Crippen molar-refractivity contribution in [1.82, 2.24) is 4.98 Å². The average molecular weight is 298 g/mol. The molecule has 0 bridgehead atoms. The number of hydrogen-bond acceptors (Lipinski definition) is 1. The summed E-state index contributed by atoms with van der Waals surface area (Å²) in [4.78, 5) is 15.0. The summed E-state index contributed by atoms with van der Waals surface area (Å²) in [5, 5.41) is 0.366. The molecule has 1 aromatic heterocycles. The third kappa shape index (κ3) is 2.27. The zero-order valence-corrected chi connectivity index (χ0v) is 11.5. The van der Waals surface area contributed by atoms with Crippen LogP contribution in [0.3, 0.4) is 0 Å². The molecule has 1 N–H and O–H groups in total. The van der Waals surface area contributed by atoms with E-state index in [0.29, 0.717) is 9.86 Å². The van der Waals surface area contributed by atoms with Crippen LogP contribution >= 0.6 is 15.9 Å². The Hall–Kier alpha value is -1.16. The van der Waals surface area contributed by atoms with Crippen molar-refractivity contribution < 1.29 is 4.39 Å². The fraction of sp³-hybridized carbons (Fsp3) is 0.308. The topological polar surface area (TPSA) is 32.9 Å². The fourth-order valence-corrected chi connectivity index (χ4v) is 2.11. The van der Waals surface area contributed by atoms with E-state index in [1.165, 1.54) is 12.1 Å². The summed E-state index contributed by atoms with van der Waals surface area (Å²) in [5.74, 6) is -0.419. The van der Waals surface area contributed by atoms with Gasteiger partial charge in [0, 0.05) is 27.0 Å². The van der Waals surface area contributed by atoms with Crippen LogP contribution in [0, 0.1) is 5.82 Å². The van der Waals surface area contributed by atoms with Gasteiger partial charge in [-0.15, -0.1) is 0 Å². The predicted octanol–water partition coefficient (Wildman–Crippen LogP) is 3.73. The molecule has 17 heavy (non-hydrogen) atoms. The molecule has 0 amide bonds. The lowest BCUT2D eigenvalue weighted by Crippen LogP contribution is -2.18. The maximum absolute atomic E-state index is 13.8. The molecule has 1 heterocycles. The minimum absolute atomic E-state index is 0.163. The lowest BCUT2D eigenvalue weighted by Gasteiger charge is -2.19. The van der Waals surface area contributed by atoms with Gasteiger partial charge >= 0.3 is 0 Å². The van der Waals surface area contributed by atoms with E-state index in [9.17, 15) is 9.18 Å². The molecule has 0 saturated carbocycles. The van der Waals surface area contributed by atoms with Gasteiger partial charge in [-0.1, -0.05) is 36.7 Å². The first-order valence-corrected chi connectivity index (χ1v) is 6.11. The second-order valence-corrected chi connectivity index (χ2v) is 6.02. The van der Waals surface area contributed by atoms with Gasteiger partial charge in [-0.2, -0.15) is 0 Å². The first kappa shape index (κ1) is 12.3. The smallest absolute Gasteiger partial charge is 0.189 e. The molecule has 0 saturated heterocycles. The molecular weight excluding hydrogens is 285 g/mol. The zero-order chi connectivity index (χ0) is 12.8. The van der Waals surface area contributed by atoms with E-state index in [2.05, 4.69) is 20.9 Å². The quantitative estimate of drug-likeness (QED) is 0.790. The van der Waals surface area contributed by atoms with E-state index < -0.39 is 5.82 Å². The van der Waals surface area contributed by atoms with Crippen LogP contribution in [0.25, 0.3) is 10.9 Å². The van der Waals surface area contributed by atoms with Crippen molar-refractivity contribution in [2.24, 2.45) is 0 Å². The van der Waals surface area contributed by atoms with E-state index in [0.717, 1.165) is 5.69 Å². The molecule has 0 aliphatic carbocycles. The Morgan fingerprint density at radius 1 is 1.24 bits per heavy atom. The first-order chi connectivity index (χ1) is 7.79. The molecular formula is C13H13BrFNO. The molecule has 4 heteroatoms. The standard InChI is InChI=1S/C13H13BrFNO/c1-13(2,3)11-6-10(17)8-4-7(14)5-9(15)12(8)16-11/h4-6H,1-3H3,(H,16,17). The molecule has 0 fully saturated rings. The molecule has 0 spiro atoms. The SMILES string of the molecule is CC(C)(C)c1cc(=O)c2cc(Br)cc(F)c2[nH]1. The number of aromatic amines is 1. The molecule has 2 aromatic rings. The third-order valence-corrected chi connectivity index (χ3v) is 3.12. The number of pyridine rings is 1. The molecule has 0 aliphatic rings. The summed E-state index contributed by atoms with van der Waals surface area (Å²) in [5.41, 5.74) is 0.623. The summed E-state index contributed by atoms with van der Waals surface area (Å²) in [6.07, 6.45) is 0. The minimum Gasteiger partial charge on any atom is -0.355 e. The van der Waals surface area contributed by atoms with E-state index in [4.69, 9.17) is 0 Å². The highest BCUT2D eigenvalue weighted by atomic mass is 79.9. The second-order valence-electron chi connectivity index (χ2n) is 5.11. The Labute approximate surface area is 107 Å². The lowest BCUT2D eigenvalue weighted by atomic mass is 9.91. The first-order valence-electron chi connectivity index (χ1n) is 5.31. The number of halogens is 2. The van der Waals surface area contributed by atoms with E-state index in [1.54, 1.807) is 6.07 Å². The largest absolute Gasteiger partial charge is 0.355 e. The van der Waals surface area contributed by atoms with Crippen LogP contribution in [-0.4, -0.2) is 4.98 Å². The second kappa shape index (κ2) is 3.95. The highest BCUT2D eigenvalue weighted by molar-refractivity contribution is 9.10. The molecule has 0 atom stereocenters. The number of aromatic nitrogens is 1. The average Bonchev–Trinajstić information content (AvgIpc) is 2.17. The van der Waals surface area contributed by atoms with Crippen LogP contribution in [0.4, 0.5) is 4.39 Å². The van der Waals surface area contributed by atoms with Crippen molar-refractivity contribution in [3.63, 3.8) is 0 Å². The molecule has 90 valence electrons. The van der Waals surface area contributed by atoms with Crippen LogP contribution in [0.15, 0.2) is 27.5 Å². The lowest BCUT2D eigenvalue weighted by molar-refractivity contribution is 0.568. The van der Waals surface area contributed by atoms with Gasteiger partial charge in [-0.3, -0.25) is 4.79 Å². The van der Waals surface area contributed by atoms with Gasteiger partial charge in [0.15, 0.2) is 5.43 Å². The molecule has 2 nitrogen and oxygen atoms in total. The number of rotatable bonds is 0. The predicted molar refractivity (Wildman–Crippen MR) is 70.9 cm³/mol. The molecule has 1 aromatic carbocycles. The maximum Gasteiger partial charge on any atom is 0.189 e. The summed E-state index contributed by atoms with van der Waals surface area (Å²) in [6, 6.07) is 4.52. The number of nitrogens with one attached hydrogen (secondary N) is 1. The number of fused-ring (bicyclic) bond motifs is 1. The van der Waals surface area contributed by atoms with Crippen LogP contribution in [0.1, 0.15) is 26.5 Å². The Kier molecular flexibility index (Phi) is 2.86. The maximum atomic E-state index is 13.8. The van der Waals surface area contributed by atoms with Gasteiger partial charge in [-0.05, 0) is 12.1 Å². The highest BCUT2D eigenvalue weighted by Gasteiger charge is 2.17. The van der Waals surface area contributed by atoms with Crippen molar-refractivity contribution in [2.45, 2.75) is 26.2 Å². The van der Waals surface area contributed by atoms with Gasteiger partial charge in [0.25, 0.3) is 0 Å². The molecule has 0 unspecified atom stereocenters. The Balaban J connectivity index is 2.88. The van der Waals surface area contributed by atoms with E-state index in [1.807, 2.05) is 20.8 Å². The molecule has 0 aliphatic heterocycles. The fourth-order valence-electron chi connectivity index (χ4n) is 1.68. The van der Waals surface area contributed by atoms with Gasteiger partial charge in [0.2, 0.25) is 0 Å². The number of benzene rings is 1. The Morgan fingerprint density at radius 2 is 1.88 bits per heavy atom. The summed E-state index contributed by atoms with van der Waals surface area (Å²) < 4.78 is 14.4. The van der Waals surface area contributed by atoms with Crippen LogP contribution in [0.2, 0.25) is 0 Å². The summed E-state index contributed by atoms with van der Waals surface area (Å²) in [6.45, 7) is 5.92. The van der Waals surface area contributed by atoms with Gasteiger partial charge in [0.05, 0.1) is 5.52 Å². The van der Waals surface area contributed by atoms with Crippen molar-refractivity contribution in [2.75, 3.05) is 0 Å². The van der Waals surface area contributed by atoms with E-state index in [-0.39, 0.29) is 16.4 Å². The summed E-state index contributed by atoms with van der Waals surface area (Å²) in [7, 11) is 0. The van der Waals surface area contributed by atoms with Gasteiger partial charge in [-0.25, -0.2) is 4.39 Å². The van der Waals surface area contributed by atoms with Crippen molar-refractivity contribution in [3.05, 3.63) is 44.4 Å². The monoisotopic (exact) mass is 297 g/mol. The normalized spacial score (nSPS) is 12.1. The molecule has 0 radical (unpaired) electrons. The van der Waals surface area contributed by atoms with Crippen LogP contribution in [-0.2, 0) is 5.41 Å². The summed E-state index contributed by atoms with van der Waals surface area (Å²) >= 11 is 3.18. The van der Waals surface area contributed by atoms with E-state index >= 15 is 0 Å². The van der Waals surface area contributed by atoms with Crippen LogP contribution < -0.4 is 5.43 Å². The van der Waals surface area contributed by atoms with Crippen molar-refractivity contribution in [3.8, 4) is 0 Å². The Morgan fingerprint density at radius 3 is 2.47 bits per heavy atom. The van der Waals surface area contributed by atoms with Gasteiger partial charge < -0.3 is 4.98 Å². The van der Waals surface area contributed by atoms with Crippen LogP contribution in [0.5, 0.6) is 0 Å². The third-order valence-electron chi connectivity index (χ3n) is 2.66. The Bertz CT molecular complexity index is 640. The minimum atomic E-state index is -0.419. The van der Waals surface area contributed by atoms with Crippen molar-refractivity contribution in [1.29, 1.82) is 0 Å². The number of hydrogen-bond donors (Lipinski definition) is 1. The zero-order valence-electron chi connectivity index (χ0n) is 9.90. The highest BCUT2D eigenvalue weighted by Crippen LogP contribution is 2.24. The van der Waals surface area contributed by atoms with Gasteiger partial charge in [0.1, 0.15) is 5.82 Å².